The molecule has 1 unspecified atom stereocenters. The van der Waals surface area contributed by atoms with Crippen molar-refractivity contribution >= 4 is 50.7 Å². The minimum atomic E-state index is -3.64. The third-order valence-corrected chi connectivity index (χ3v) is 8.71. The van der Waals surface area contributed by atoms with Gasteiger partial charge in [-0.15, -0.1) is 0 Å². The number of rotatable bonds is 13. The predicted molar refractivity (Wildman–Crippen MR) is 156 cm³/mol. The third kappa shape index (κ3) is 8.75. The quantitative estimate of drug-likeness (QED) is 0.333. The highest BCUT2D eigenvalue weighted by atomic mass is 35.5. The van der Waals surface area contributed by atoms with Gasteiger partial charge < -0.3 is 15.0 Å². The first-order valence-electron chi connectivity index (χ1n) is 13.2. The summed E-state index contributed by atoms with van der Waals surface area (Å²) < 4.78 is 32.2. The Morgan fingerprint density at radius 1 is 1.10 bits per heavy atom. The molecule has 11 heteroatoms. The summed E-state index contributed by atoms with van der Waals surface area (Å²) in [5.41, 5.74) is 1.16. The fourth-order valence-corrected chi connectivity index (χ4v) is 6.02. The van der Waals surface area contributed by atoms with Crippen molar-refractivity contribution in [2.45, 2.75) is 71.0 Å². The van der Waals surface area contributed by atoms with Crippen LogP contribution in [0.4, 0.5) is 5.69 Å². The molecule has 1 N–H and O–H groups in total. The first-order chi connectivity index (χ1) is 18.5. The van der Waals surface area contributed by atoms with Gasteiger partial charge in [0.2, 0.25) is 21.8 Å². The number of halogens is 2. The SMILES string of the molecule is CCOc1ccccc1N(CCCC(=O)N(Cc1ccc(Cl)c(Cl)c1)C(C)C(=O)NC1CCCC1)S(C)(=O)=O. The smallest absolute Gasteiger partial charge is 0.242 e. The molecule has 0 heterocycles. The number of carbonyl (C=O) groups excluding carboxylic acids is 2. The molecule has 0 saturated heterocycles. The first-order valence-corrected chi connectivity index (χ1v) is 15.8. The molecule has 1 saturated carbocycles. The van der Waals surface area contributed by atoms with Crippen LogP contribution in [0.3, 0.4) is 0 Å². The van der Waals surface area contributed by atoms with Gasteiger partial charge in [0.05, 0.1) is 28.6 Å². The zero-order valence-corrected chi connectivity index (χ0v) is 25.0. The largest absolute Gasteiger partial charge is 0.492 e. The molecule has 1 atom stereocenters. The Balaban J connectivity index is 1.76. The summed E-state index contributed by atoms with van der Waals surface area (Å²) in [6.45, 7) is 4.17. The maximum atomic E-state index is 13.5. The fourth-order valence-electron chi connectivity index (χ4n) is 4.73. The van der Waals surface area contributed by atoms with Crippen molar-refractivity contribution in [1.82, 2.24) is 10.2 Å². The van der Waals surface area contributed by atoms with Gasteiger partial charge >= 0.3 is 0 Å². The van der Waals surface area contributed by atoms with Crippen LogP contribution in [0, 0.1) is 0 Å². The highest BCUT2D eigenvalue weighted by Crippen LogP contribution is 2.30. The lowest BCUT2D eigenvalue weighted by Crippen LogP contribution is -2.49. The van der Waals surface area contributed by atoms with Gasteiger partial charge in [0, 0.05) is 25.6 Å². The summed E-state index contributed by atoms with van der Waals surface area (Å²) in [4.78, 5) is 28.1. The van der Waals surface area contributed by atoms with Gasteiger partial charge in [0.15, 0.2) is 0 Å². The lowest BCUT2D eigenvalue weighted by molar-refractivity contribution is -0.141. The molecule has 0 aromatic heterocycles. The van der Waals surface area contributed by atoms with Gasteiger partial charge in [0.25, 0.3) is 0 Å². The van der Waals surface area contributed by atoms with E-state index in [4.69, 9.17) is 27.9 Å². The summed E-state index contributed by atoms with van der Waals surface area (Å²) in [5.74, 6) is -0.0180. The van der Waals surface area contributed by atoms with Crippen molar-refractivity contribution in [1.29, 1.82) is 0 Å². The Hall–Kier alpha value is -2.49. The van der Waals surface area contributed by atoms with E-state index in [-0.39, 0.29) is 43.8 Å². The number of carbonyl (C=O) groups is 2. The van der Waals surface area contributed by atoms with Crippen molar-refractivity contribution in [3.05, 3.63) is 58.1 Å². The molecule has 0 spiro atoms. The Morgan fingerprint density at radius 3 is 2.44 bits per heavy atom. The van der Waals surface area contributed by atoms with Crippen molar-refractivity contribution in [3.8, 4) is 5.75 Å². The van der Waals surface area contributed by atoms with Crippen molar-refractivity contribution < 1.29 is 22.7 Å². The summed E-state index contributed by atoms with van der Waals surface area (Å²) in [5, 5.41) is 3.84. The van der Waals surface area contributed by atoms with E-state index in [9.17, 15) is 18.0 Å². The molecular formula is C28H37Cl2N3O5S. The maximum absolute atomic E-state index is 13.5. The zero-order chi connectivity index (χ0) is 28.6. The normalized spacial score (nSPS) is 14.6. The molecule has 2 aromatic rings. The second-order valence-electron chi connectivity index (χ2n) is 9.78. The van der Waals surface area contributed by atoms with Crippen molar-refractivity contribution in [3.63, 3.8) is 0 Å². The number of anilines is 1. The summed E-state index contributed by atoms with van der Waals surface area (Å²) >= 11 is 12.3. The minimum absolute atomic E-state index is 0.0468. The number of ether oxygens (including phenoxy) is 1. The number of sulfonamides is 1. The number of hydrogen-bond donors (Lipinski definition) is 1. The number of hydrogen-bond acceptors (Lipinski definition) is 5. The van der Waals surface area contributed by atoms with Gasteiger partial charge in [-0.2, -0.15) is 0 Å². The highest BCUT2D eigenvalue weighted by Gasteiger charge is 2.29. The molecular weight excluding hydrogens is 561 g/mol. The molecule has 0 radical (unpaired) electrons. The molecule has 1 fully saturated rings. The second kappa shape index (κ2) is 14.2. The van der Waals surface area contributed by atoms with E-state index in [0.29, 0.717) is 28.1 Å². The summed E-state index contributed by atoms with van der Waals surface area (Å²) in [6, 6.07) is 11.4. The number of benzene rings is 2. The van der Waals surface area contributed by atoms with Crippen LogP contribution in [0.5, 0.6) is 5.75 Å². The first kappa shape index (κ1) is 31.0. The molecule has 3 rings (SSSR count). The number of amides is 2. The highest BCUT2D eigenvalue weighted by molar-refractivity contribution is 7.92. The van der Waals surface area contributed by atoms with Crippen LogP contribution in [0.25, 0.3) is 0 Å². The Kier molecular flexibility index (Phi) is 11.3. The van der Waals surface area contributed by atoms with Crippen LogP contribution < -0.4 is 14.4 Å². The number of para-hydroxylation sites is 2. The van der Waals surface area contributed by atoms with E-state index in [1.807, 2.05) is 6.92 Å². The van der Waals surface area contributed by atoms with Crippen LogP contribution in [0.15, 0.2) is 42.5 Å². The van der Waals surface area contributed by atoms with Crippen molar-refractivity contribution in [2.24, 2.45) is 0 Å². The lowest BCUT2D eigenvalue weighted by atomic mass is 10.1. The van der Waals surface area contributed by atoms with Gasteiger partial charge in [-0.25, -0.2) is 8.42 Å². The second-order valence-corrected chi connectivity index (χ2v) is 12.5. The molecule has 0 aliphatic heterocycles. The van der Waals surface area contributed by atoms with E-state index in [2.05, 4.69) is 5.32 Å². The predicted octanol–water partition coefficient (Wildman–Crippen LogP) is 5.41. The van der Waals surface area contributed by atoms with Crippen LogP contribution in [0.2, 0.25) is 10.0 Å². The van der Waals surface area contributed by atoms with Crippen molar-refractivity contribution in [2.75, 3.05) is 23.7 Å². The van der Waals surface area contributed by atoms with E-state index in [0.717, 1.165) is 37.5 Å². The lowest BCUT2D eigenvalue weighted by Gasteiger charge is -2.30. The molecule has 8 nitrogen and oxygen atoms in total. The molecule has 214 valence electrons. The zero-order valence-electron chi connectivity index (χ0n) is 22.7. The average Bonchev–Trinajstić information content (AvgIpc) is 3.40. The Morgan fingerprint density at radius 2 is 1.79 bits per heavy atom. The minimum Gasteiger partial charge on any atom is -0.492 e. The molecule has 2 amide bonds. The standard InChI is InChI=1S/C28H37Cl2N3O5S/c1-4-38-26-13-8-7-12-25(26)33(39(3,36)37)17-9-14-27(34)32(19-21-15-16-23(29)24(30)18-21)20(2)28(35)31-22-10-5-6-11-22/h7-8,12-13,15-16,18,20,22H,4-6,9-11,14,17,19H2,1-3H3,(H,31,35). The van der Waals surface area contributed by atoms with E-state index in [1.165, 1.54) is 9.21 Å². The van der Waals surface area contributed by atoms with Crippen LogP contribution in [-0.4, -0.2) is 56.6 Å². The van der Waals surface area contributed by atoms with Crippen LogP contribution in [0.1, 0.15) is 57.9 Å². The topological polar surface area (TPSA) is 96.0 Å². The average molecular weight is 599 g/mol. The number of nitrogens with one attached hydrogen (secondary N) is 1. The van der Waals surface area contributed by atoms with E-state index in [1.54, 1.807) is 49.4 Å². The van der Waals surface area contributed by atoms with E-state index < -0.39 is 16.1 Å². The Labute approximate surface area is 241 Å². The molecule has 39 heavy (non-hydrogen) atoms. The van der Waals surface area contributed by atoms with Crippen LogP contribution in [-0.2, 0) is 26.2 Å². The van der Waals surface area contributed by atoms with Gasteiger partial charge in [0.1, 0.15) is 11.8 Å². The summed E-state index contributed by atoms with van der Waals surface area (Å²) in [6.07, 6.45) is 5.45. The van der Waals surface area contributed by atoms with Gasteiger partial charge in [-0.1, -0.05) is 54.2 Å². The monoisotopic (exact) mass is 597 g/mol. The molecule has 1 aliphatic rings. The fraction of sp³-hybridized carbons (Fsp3) is 0.500. The molecule has 2 aromatic carbocycles. The van der Waals surface area contributed by atoms with Gasteiger partial charge in [-0.05, 0) is 62.9 Å². The summed E-state index contributed by atoms with van der Waals surface area (Å²) in [7, 11) is -3.64. The third-order valence-electron chi connectivity index (χ3n) is 6.79. The van der Waals surface area contributed by atoms with Gasteiger partial charge in [-0.3, -0.25) is 13.9 Å². The molecule has 0 bridgehead atoms. The molecule has 1 aliphatic carbocycles. The maximum Gasteiger partial charge on any atom is 0.242 e. The Bertz CT molecular complexity index is 1250. The number of nitrogens with zero attached hydrogens (tertiary/aromatic N) is 2. The van der Waals surface area contributed by atoms with E-state index >= 15 is 0 Å². The van der Waals surface area contributed by atoms with Crippen LogP contribution >= 0.6 is 23.2 Å².